The number of amides is 2. The number of rotatable bonds is 6. The fourth-order valence-electron chi connectivity index (χ4n) is 3.94. The van der Waals surface area contributed by atoms with Crippen molar-refractivity contribution in [2.75, 3.05) is 75.4 Å². The molecule has 0 atom stereocenters. The molecule has 2 aromatic heterocycles. The quantitative estimate of drug-likeness (QED) is 0.501. The van der Waals surface area contributed by atoms with Gasteiger partial charge in [-0.15, -0.1) is 0 Å². The van der Waals surface area contributed by atoms with Crippen molar-refractivity contribution in [2.24, 2.45) is 0 Å². The van der Waals surface area contributed by atoms with Crippen LogP contribution in [0.1, 0.15) is 27.7 Å². The molecule has 2 aliphatic rings. The Hall–Kier alpha value is -3.84. The number of carbonyl (C=O) groups is 2. The van der Waals surface area contributed by atoms with E-state index in [2.05, 4.69) is 19.9 Å². The van der Waals surface area contributed by atoms with Crippen LogP contribution in [0.15, 0.2) is 12.1 Å². The summed E-state index contributed by atoms with van der Waals surface area (Å²) >= 11 is 0. The fourth-order valence-corrected chi connectivity index (χ4v) is 3.94. The number of hydrogen-bond acceptors (Lipinski definition) is 10. The largest absolute Gasteiger partial charge is 0.478 e. The van der Waals surface area contributed by atoms with E-state index in [1.54, 1.807) is 22.8 Å². The topological polar surface area (TPSA) is 117 Å². The van der Waals surface area contributed by atoms with Crippen molar-refractivity contribution in [3.63, 3.8) is 0 Å². The summed E-state index contributed by atoms with van der Waals surface area (Å²) in [5, 5.41) is 0. The van der Waals surface area contributed by atoms with E-state index in [4.69, 9.17) is 9.47 Å². The van der Waals surface area contributed by atoms with E-state index in [9.17, 15) is 18.4 Å². The highest BCUT2D eigenvalue weighted by Crippen LogP contribution is 2.22. The zero-order valence-electron chi connectivity index (χ0n) is 22.2. The Morgan fingerprint density at radius 2 is 1.05 bits per heavy atom. The Balaban J connectivity index is 0.000000215. The predicted molar refractivity (Wildman–Crippen MR) is 135 cm³/mol. The molecule has 0 N–H and O–H groups in total. The minimum Gasteiger partial charge on any atom is -0.478 e. The standard InChI is InChI=1S/C14H22N4O3.C10H12F2N4O/c1-4-20-12-10-13(21-5-2)16-14(15-12)18-8-6-17(7-9-18)11(3)19;1-7(17)15-2-4-16(5-3-15)10-13-8(11)6-9(12)14-10/h10H,4-9H2,1-3H3;6H,2-5H2,1H3. The van der Waals surface area contributed by atoms with Crippen LogP contribution >= 0.6 is 0 Å². The summed E-state index contributed by atoms with van der Waals surface area (Å²) in [6.07, 6.45) is 0. The molecule has 12 nitrogen and oxygen atoms in total. The number of nitrogens with zero attached hydrogens (tertiary/aromatic N) is 8. The second-order valence-corrected chi connectivity index (χ2v) is 8.51. The van der Waals surface area contributed by atoms with Gasteiger partial charge in [-0.2, -0.15) is 28.7 Å². The average Bonchev–Trinajstić information content (AvgIpc) is 2.89. The first-order chi connectivity index (χ1) is 18.2. The van der Waals surface area contributed by atoms with Crippen LogP contribution in [0.25, 0.3) is 0 Å². The maximum Gasteiger partial charge on any atom is 0.232 e. The van der Waals surface area contributed by atoms with Crippen LogP contribution < -0.4 is 19.3 Å². The minimum absolute atomic E-state index is 0.00371. The molecule has 0 aliphatic carbocycles. The van der Waals surface area contributed by atoms with Crippen LogP contribution in [0.4, 0.5) is 20.7 Å². The Kier molecular flexibility index (Phi) is 10.3. The van der Waals surface area contributed by atoms with Crippen molar-refractivity contribution >= 4 is 23.7 Å². The highest BCUT2D eigenvalue weighted by Gasteiger charge is 2.22. The summed E-state index contributed by atoms with van der Waals surface area (Å²) in [4.78, 5) is 45.5. The first-order valence-electron chi connectivity index (χ1n) is 12.6. The number of anilines is 2. The lowest BCUT2D eigenvalue weighted by Crippen LogP contribution is -2.48. The Labute approximate surface area is 220 Å². The molecule has 2 fully saturated rings. The summed E-state index contributed by atoms with van der Waals surface area (Å²) in [7, 11) is 0. The van der Waals surface area contributed by atoms with Crippen molar-refractivity contribution in [1.82, 2.24) is 29.7 Å². The van der Waals surface area contributed by atoms with Crippen LogP contribution in [0.5, 0.6) is 11.8 Å². The van der Waals surface area contributed by atoms with Crippen LogP contribution in [-0.2, 0) is 9.59 Å². The third-order valence-corrected chi connectivity index (χ3v) is 5.92. The average molecular weight is 537 g/mol. The summed E-state index contributed by atoms with van der Waals surface area (Å²) in [6.45, 7) is 12.7. The molecule has 4 rings (SSSR count). The maximum atomic E-state index is 12.9. The van der Waals surface area contributed by atoms with Gasteiger partial charge < -0.3 is 29.1 Å². The Morgan fingerprint density at radius 3 is 1.39 bits per heavy atom. The Morgan fingerprint density at radius 1 is 0.684 bits per heavy atom. The smallest absolute Gasteiger partial charge is 0.232 e. The van der Waals surface area contributed by atoms with Crippen molar-refractivity contribution < 1.29 is 27.8 Å². The molecule has 0 spiro atoms. The van der Waals surface area contributed by atoms with Gasteiger partial charge in [-0.3, -0.25) is 9.59 Å². The maximum absolute atomic E-state index is 12.9. The van der Waals surface area contributed by atoms with Gasteiger partial charge in [-0.05, 0) is 13.8 Å². The number of ether oxygens (including phenoxy) is 2. The molecule has 4 heterocycles. The summed E-state index contributed by atoms with van der Waals surface area (Å²) in [5.41, 5.74) is 0. The van der Waals surface area contributed by atoms with Crippen molar-refractivity contribution in [2.45, 2.75) is 27.7 Å². The molecule has 2 amide bonds. The van der Waals surface area contributed by atoms with Crippen LogP contribution in [0.3, 0.4) is 0 Å². The second-order valence-electron chi connectivity index (χ2n) is 8.51. The van der Waals surface area contributed by atoms with Crippen LogP contribution in [-0.4, -0.2) is 107 Å². The first kappa shape index (κ1) is 28.7. The molecule has 0 unspecified atom stereocenters. The van der Waals surface area contributed by atoms with Crippen molar-refractivity contribution in [1.29, 1.82) is 0 Å². The predicted octanol–water partition coefficient (Wildman–Crippen LogP) is 1.37. The number of aromatic nitrogens is 4. The normalized spacial score (nSPS) is 15.5. The monoisotopic (exact) mass is 536 g/mol. The molecule has 38 heavy (non-hydrogen) atoms. The van der Waals surface area contributed by atoms with Gasteiger partial charge in [0.2, 0.25) is 47.4 Å². The Bertz CT molecular complexity index is 1050. The summed E-state index contributed by atoms with van der Waals surface area (Å²) < 4.78 is 36.7. The van der Waals surface area contributed by atoms with Gasteiger partial charge in [0.25, 0.3) is 0 Å². The molecule has 0 bridgehead atoms. The van der Waals surface area contributed by atoms with Gasteiger partial charge in [0.1, 0.15) is 0 Å². The fraction of sp³-hybridized carbons (Fsp3) is 0.583. The molecule has 2 aliphatic heterocycles. The number of hydrogen-bond donors (Lipinski definition) is 0. The molecule has 0 aromatic carbocycles. The molecule has 14 heteroatoms. The lowest BCUT2D eigenvalue weighted by molar-refractivity contribution is -0.129. The summed E-state index contributed by atoms with van der Waals surface area (Å²) in [5.74, 6) is -0.0224. The molecule has 208 valence electrons. The summed E-state index contributed by atoms with van der Waals surface area (Å²) in [6, 6.07) is 2.33. The first-order valence-corrected chi connectivity index (χ1v) is 12.6. The number of piperazine rings is 2. The van der Waals surface area contributed by atoms with Gasteiger partial charge in [0.05, 0.1) is 19.3 Å². The highest BCUT2D eigenvalue weighted by molar-refractivity contribution is 5.74. The van der Waals surface area contributed by atoms with Crippen molar-refractivity contribution in [3.05, 3.63) is 24.0 Å². The van der Waals surface area contributed by atoms with Crippen molar-refractivity contribution in [3.8, 4) is 11.8 Å². The number of halogens is 2. The third-order valence-electron chi connectivity index (χ3n) is 5.92. The van der Waals surface area contributed by atoms with Crippen LogP contribution in [0.2, 0.25) is 0 Å². The highest BCUT2D eigenvalue weighted by atomic mass is 19.1. The van der Waals surface area contributed by atoms with E-state index in [1.165, 1.54) is 6.92 Å². The molecular weight excluding hydrogens is 502 g/mol. The molecule has 0 radical (unpaired) electrons. The van der Waals surface area contributed by atoms with E-state index >= 15 is 0 Å². The SMILES string of the molecule is CC(=O)N1CCN(c2nc(F)cc(F)n2)CC1.CCOc1cc(OCC)nc(N2CCN(C(C)=O)CC2)n1. The van der Waals surface area contributed by atoms with Gasteiger partial charge in [-0.1, -0.05) is 0 Å². The van der Waals surface area contributed by atoms with E-state index in [-0.39, 0.29) is 17.8 Å². The van der Waals surface area contributed by atoms with Crippen LogP contribution in [0, 0.1) is 11.9 Å². The second kappa shape index (κ2) is 13.6. The molecule has 0 saturated carbocycles. The zero-order chi connectivity index (χ0) is 27.7. The van der Waals surface area contributed by atoms with E-state index in [1.807, 2.05) is 23.6 Å². The number of carbonyl (C=O) groups excluding carboxylic acids is 2. The third kappa shape index (κ3) is 8.08. The van der Waals surface area contributed by atoms with Gasteiger partial charge in [-0.25, -0.2) is 0 Å². The lowest BCUT2D eigenvalue weighted by Gasteiger charge is -2.34. The van der Waals surface area contributed by atoms with Gasteiger partial charge in [0, 0.05) is 72.3 Å². The molecule has 2 aromatic rings. The lowest BCUT2D eigenvalue weighted by atomic mass is 10.3. The minimum atomic E-state index is -0.888. The van der Waals surface area contributed by atoms with E-state index in [0.717, 1.165) is 0 Å². The zero-order valence-corrected chi connectivity index (χ0v) is 22.2. The molecule has 2 saturated heterocycles. The van der Waals surface area contributed by atoms with Gasteiger partial charge >= 0.3 is 0 Å². The van der Waals surface area contributed by atoms with E-state index in [0.29, 0.717) is 89.3 Å². The molecular formula is C24H34F2N8O4. The van der Waals surface area contributed by atoms with Gasteiger partial charge in [0.15, 0.2) is 0 Å². The van der Waals surface area contributed by atoms with E-state index < -0.39 is 11.9 Å².